The van der Waals surface area contributed by atoms with Crippen molar-refractivity contribution in [2.75, 3.05) is 20.8 Å². The Morgan fingerprint density at radius 1 is 1.12 bits per heavy atom. The molecular formula is C19H23N3O4. The Bertz CT molecular complexity index is 738. The zero-order chi connectivity index (χ0) is 18.8. The van der Waals surface area contributed by atoms with Crippen molar-refractivity contribution in [1.29, 1.82) is 0 Å². The SMILES string of the molecule is COc1ccc(CNC(=O)C(=O)NCCC2=NC=CC=CC2)c(OC)c1. The fourth-order valence-corrected chi connectivity index (χ4v) is 2.35. The highest BCUT2D eigenvalue weighted by Gasteiger charge is 2.14. The van der Waals surface area contributed by atoms with Crippen molar-refractivity contribution in [3.63, 3.8) is 0 Å². The predicted octanol–water partition coefficient (Wildman–Crippen LogP) is 1.74. The van der Waals surface area contributed by atoms with Crippen molar-refractivity contribution in [3.05, 3.63) is 48.2 Å². The Balaban J connectivity index is 1.78. The number of benzene rings is 1. The molecule has 0 saturated carbocycles. The largest absolute Gasteiger partial charge is 0.497 e. The minimum absolute atomic E-state index is 0.182. The van der Waals surface area contributed by atoms with Crippen LogP contribution in [-0.4, -0.2) is 38.3 Å². The summed E-state index contributed by atoms with van der Waals surface area (Å²) in [5, 5.41) is 5.19. The second-order valence-electron chi connectivity index (χ2n) is 5.54. The highest BCUT2D eigenvalue weighted by molar-refractivity contribution is 6.35. The van der Waals surface area contributed by atoms with Gasteiger partial charge in [-0.3, -0.25) is 14.6 Å². The molecule has 0 fully saturated rings. The van der Waals surface area contributed by atoms with Crippen LogP contribution in [0.1, 0.15) is 18.4 Å². The van der Waals surface area contributed by atoms with Gasteiger partial charge in [0.05, 0.1) is 14.2 Å². The zero-order valence-corrected chi connectivity index (χ0v) is 15.0. The molecule has 1 heterocycles. The molecule has 0 aliphatic carbocycles. The number of nitrogens with zero attached hydrogens (tertiary/aromatic N) is 1. The summed E-state index contributed by atoms with van der Waals surface area (Å²) >= 11 is 0. The number of amides is 2. The molecule has 7 heteroatoms. The summed E-state index contributed by atoms with van der Waals surface area (Å²) in [6.45, 7) is 0.542. The van der Waals surface area contributed by atoms with Gasteiger partial charge < -0.3 is 20.1 Å². The van der Waals surface area contributed by atoms with Gasteiger partial charge in [0.1, 0.15) is 11.5 Å². The fourth-order valence-electron chi connectivity index (χ4n) is 2.35. The number of rotatable bonds is 7. The van der Waals surface area contributed by atoms with E-state index in [1.54, 1.807) is 31.5 Å². The highest BCUT2D eigenvalue weighted by atomic mass is 16.5. The summed E-state index contributed by atoms with van der Waals surface area (Å²) in [5.74, 6) is -0.124. The van der Waals surface area contributed by atoms with Gasteiger partial charge in [-0.05, 0) is 18.2 Å². The highest BCUT2D eigenvalue weighted by Crippen LogP contribution is 2.24. The molecule has 2 rings (SSSR count). The van der Waals surface area contributed by atoms with E-state index in [9.17, 15) is 9.59 Å². The summed E-state index contributed by atoms with van der Waals surface area (Å²) in [7, 11) is 3.10. The third-order valence-electron chi connectivity index (χ3n) is 3.78. The number of nitrogens with one attached hydrogen (secondary N) is 2. The van der Waals surface area contributed by atoms with E-state index < -0.39 is 11.8 Å². The quantitative estimate of drug-likeness (QED) is 0.728. The summed E-state index contributed by atoms with van der Waals surface area (Å²) in [6.07, 6.45) is 8.84. The molecule has 138 valence electrons. The first-order chi connectivity index (χ1) is 12.6. The Morgan fingerprint density at radius 3 is 2.69 bits per heavy atom. The lowest BCUT2D eigenvalue weighted by Gasteiger charge is -2.11. The summed E-state index contributed by atoms with van der Waals surface area (Å²) in [6, 6.07) is 5.26. The molecule has 2 amide bonds. The van der Waals surface area contributed by atoms with Crippen LogP contribution < -0.4 is 20.1 Å². The predicted molar refractivity (Wildman–Crippen MR) is 99.4 cm³/mol. The van der Waals surface area contributed by atoms with Gasteiger partial charge >= 0.3 is 11.8 Å². The maximum atomic E-state index is 11.9. The van der Waals surface area contributed by atoms with Crippen LogP contribution in [0, 0.1) is 0 Å². The number of hydrogen-bond donors (Lipinski definition) is 2. The minimum atomic E-state index is -0.689. The van der Waals surface area contributed by atoms with Crippen molar-refractivity contribution in [2.45, 2.75) is 19.4 Å². The van der Waals surface area contributed by atoms with Gasteiger partial charge in [0.15, 0.2) is 0 Å². The smallest absolute Gasteiger partial charge is 0.309 e. The van der Waals surface area contributed by atoms with Crippen molar-refractivity contribution in [3.8, 4) is 11.5 Å². The number of hydrogen-bond acceptors (Lipinski definition) is 5. The second kappa shape index (κ2) is 10.0. The molecule has 0 unspecified atom stereocenters. The van der Waals surface area contributed by atoms with Gasteiger partial charge in [-0.1, -0.05) is 12.2 Å². The van der Waals surface area contributed by atoms with Gasteiger partial charge in [0.25, 0.3) is 0 Å². The van der Waals surface area contributed by atoms with Crippen LogP contribution in [0.25, 0.3) is 0 Å². The van der Waals surface area contributed by atoms with Crippen LogP contribution in [0.4, 0.5) is 0 Å². The first-order valence-electron chi connectivity index (χ1n) is 8.28. The molecule has 1 aliphatic heterocycles. The molecule has 1 aromatic carbocycles. The van der Waals surface area contributed by atoms with E-state index in [0.29, 0.717) is 24.5 Å². The normalized spacial score (nSPS) is 12.8. The summed E-state index contributed by atoms with van der Waals surface area (Å²) in [4.78, 5) is 28.1. The number of ether oxygens (including phenoxy) is 2. The second-order valence-corrected chi connectivity index (χ2v) is 5.54. The molecule has 0 spiro atoms. The molecule has 1 aliphatic rings. The minimum Gasteiger partial charge on any atom is -0.497 e. The average molecular weight is 357 g/mol. The molecule has 1 aromatic rings. The molecule has 0 saturated heterocycles. The number of aliphatic imine (C=N–C) groups is 1. The summed E-state index contributed by atoms with van der Waals surface area (Å²) in [5.41, 5.74) is 1.71. The first kappa shape index (κ1) is 19.2. The van der Waals surface area contributed by atoms with Crippen molar-refractivity contribution >= 4 is 17.5 Å². The Morgan fingerprint density at radius 2 is 1.92 bits per heavy atom. The van der Waals surface area contributed by atoms with E-state index in [4.69, 9.17) is 9.47 Å². The molecule has 0 aromatic heterocycles. The van der Waals surface area contributed by atoms with E-state index in [1.165, 1.54) is 7.11 Å². The lowest BCUT2D eigenvalue weighted by molar-refractivity contribution is -0.139. The van der Waals surface area contributed by atoms with Crippen LogP contribution in [0.3, 0.4) is 0 Å². The third-order valence-corrected chi connectivity index (χ3v) is 3.78. The Hall–Kier alpha value is -3.09. The number of allylic oxidation sites excluding steroid dienone is 3. The van der Waals surface area contributed by atoms with Crippen LogP contribution in [0.15, 0.2) is 47.6 Å². The molecule has 0 bridgehead atoms. The van der Waals surface area contributed by atoms with Crippen LogP contribution >= 0.6 is 0 Å². The molecule has 0 radical (unpaired) electrons. The van der Waals surface area contributed by atoms with Gasteiger partial charge in [-0.15, -0.1) is 0 Å². The number of carbonyl (C=O) groups is 2. The third kappa shape index (κ3) is 5.77. The Labute approximate surface area is 152 Å². The van der Waals surface area contributed by atoms with E-state index >= 15 is 0 Å². The van der Waals surface area contributed by atoms with Crippen LogP contribution in [0.2, 0.25) is 0 Å². The average Bonchev–Trinajstić information content (AvgIpc) is 2.94. The van der Waals surface area contributed by atoms with Crippen molar-refractivity contribution < 1.29 is 19.1 Å². The van der Waals surface area contributed by atoms with Crippen LogP contribution in [0.5, 0.6) is 11.5 Å². The molecule has 26 heavy (non-hydrogen) atoms. The van der Waals surface area contributed by atoms with E-state index in [-0.39, 0.29) is 6.54 Å². The van der Waals surface area contributed by atoms with Gasteiger partial charge in [0, 0.05) is 49.5 Å². The van der Waals surface area contributed by atoms with E-state index in [2.05, 4.69) is 15.6 Å². The van der Waals surface area contributed by atoms with E-state index in [0.717, 1.165) is 17.7 Å². The molecule has 0 atom stereocenters. The van der Waals surface area contributed by atoms with Crippen LogP contribution in [-0.2, 0) is 16.1 Å². The monoisotopic (exact) mass is 357 g/mol. The fraction of sp³-hybridized carbons (Fsp3) is 0.316. The maximum Gasteiger partial charge on any atom is 0.309 e. The van der Waals surface area contributed by atoms with Crippen molar-refractivity contribution in [1.82, 2.24) is 10.6 Å². The van der Waals surface area contributed by atoms with Crippen molar-refractivity contribution in [2.24, 2.45) is 4.99 Å². The first-order valence-corrected chi connectivity index (χ1v) is 8.28. The lowest BCUT2D eigenvalue weighted by atomic mass is 10.2. The summed E-state index contributed by atoms with van der Waals surface area (Å²) < 4.78 is 10.4. The standard InChI is InChI=1S/C19H23N3O4/c1-25-16-8-7-14(17(12-16)26-2)13-22-19(24)18(23)21-11-9-15-6-4-3-5-10-20-15/h3-5,7-8,10,12H,6,9,11,13H2,1-2H3,(H,21,23)(H,22,24). The van der Waals surface area contributed by atoms with Gasteiger partial charge in [-0.25, -0.2) is 0 Å². The molecule has 7 nitrogen and oxygen atoms in total. The zero-order valence-electron chi connectivity index (χ0n) is 15.0. The number of carbonyl (C=O) groups excluding carboxylic acids is 2. The molecular weight excluding hydrogens is 334 g/mol. The topological polar surface area (TPSA) is 89.0 Å². The van der Waals surface area contributed by atoms with E-state index in [1.807, 2.05) is 18.2 Å². The van der Waals surface area contributed by atoms with Gasteiger partial charge in [0.2, 0.25) is 0 Å². The van der Waals surface area contributed by atoms with Gasteiger partial charge in [-0.2, -0.15) is 0 Å². The molecule has 2 N–H and O–H groups in total. The number of methoxy groups -OCH3 is 2. The Kier molecular flexibility index (Phi) is 7.42. The maximum absolute atomic E-state index is 11.9. The lowest BCUT2D eigenvalue weighted by Crippen LogP contribution is -2.40.